The Morgan fingerprint density at radius 3 is 2.32 bits per heavy atom. The fourth-order valence-corrected chi connectivity index (χ4v) is 4.44. The summed E-state index contributed by atoms with van der Waals surface area (Å²) in [7, 11) is 6.87. The first-order valence-corrected chi connectivity index (χ1v) is 11.1. The Morgan fingerprint density at radius 2 is 1.68 bits per heavy atom. The van der Waals surface area contributed by atoms with Crippen molar-refractivity contribution < 1.29 is 19.1 Å². The molecular weight excluding hydrogens is 396 g/mol. The van der Waals surface area contributed by atoms with Crippen LogP contribution in [0.1, 0.15) is 30.9 Å². The number of ether oxygens (including phenoxy) is 2. The Balaban J connectivity index is 1.60. The Labute approximate surface area is 185 Å². The van der Waals surface area contributed by atoms with Gasteiger partial charge in [0, 0.05) is 45.4 Å². The van der Waals surface area contributed by atoms with E-state index >= 15 is 0 Å². The van der Waals surface area contributed by atoms with Gasteiger partial charge in [0.2, 0.25) is 11.8 Å². The highest BCUT2D eigenvalue weighted by Gasteiger charge is 2.33. The second-order valence-corrected chi connectivity index (χ2v) is 8.55. The average molecular weight is 433 g/mol. The van der Waals surface area contributed by atoms with E-state index in [9.17, 15) is 9.59 Å². The van der Waals surface area contributed by atoms with Gasteiger partial charge >= 0.3 is 0 Å². The maximum Gasteiger partial charge on any atom is 0.237 e. The Kier molecular flexibility index (Phi) is 8.15. The summed E-state index contributed by atoms with van der Waals surface area (Å²) < 4.78 is 10.9. The summed E-state index contributed by atoms with van der Waals surface area (Å²) in [5, 5.41) is 0. The molecule has 0 aromatic heterocycles. The predicted molar refractivity (Wildman–Crippen MR) is 119 cm³/mol. The largest absolute Gasteiger partial charge is 0.497 e. The lowest BCUT2D eigenvalue weighted by Gasteiger charge is -2.29. The van der Waals surface area contributed by atoms with Crippen molar-refractivity contribution in [3.63, 3.8) is 0 Å². The van der Waals surface area contributed by atoms with Crippen LogP contribution in [0.3, 0.4) is 0 Å². The Hall–Kier alpha value is -2.32. The molecule has 1 aromatic carbocycles. The molecule has 1 atom stereocenters. The molecule has 0 bridgehead atoms. The zero-order chi connectivity index (χ0) is 22.4. The number of amides is 2. The number of likely N-dealkylation sites (tertiary alicyclic amines) is 1. The number of likely N-dealkylation sites (N-methyl/N-ethyl adjacent to an activating group) is 1. The molecule has 0 saturated carbocycles. The first-order chi connectivity index (χ1) is 14.9. The van der Waals surface area contributed by atoms with E-state index in [4.69, 9.17) is 9.47 Å². The van der Waals surface area contributed by atoms with Gasteiger partial charge in [0.15, 0.2) is 0 Å². The predicted octanol–water partition coefficient (Wildman–Crippen LogP) is 1.46. The van der Waals surface area contributed by atoms with Gasteiger partial charge in [0.1, 0.15) is 11.5 Å². The van der Waals surface area contributed by atoms with E-state index in [1.807, 2.05) is 23.1 Å². The highest BCUT2D eigenvalue weighted by atomic mass is 16.5. The summed E-state index contributed by atoms with van der Waals surface area (Å²) in [4.78, 5) is 33.3. The minimum absolute atomic E-state index is 0.0366. The van der Waals surface area contributed by atoms with Gasteiger partial charge in [0.05, 0.1) is 33.4 Å². The van der Waals surface area contributed by atoms with Crippen LogP contribution >= 0.6 is 0 Å². The van der Waals surface area contributed by atoms with Gasteiger partial charge in [0.25, 0.3) is 0 Å². The van der Waals surface area contributed by atoms with Crippen LogP contribution in [0.5, 0.6) is 11.5 Å². The number of carbonyl (C=O) groups is 2. The summed E-state index contributed by atoms with van der Waals surface area (Å²) in [6.07, 6.45) is 2.89. The normalized spacial score (nSPS) is 20.4. The second kappa shape index (κ2) is 10.8. The van der Waals surface area contributed by atoms with Crippen LogP contribution in [-0.2, 0) is 9.59 Å². The Bertz CT molecular complexity index is 770. The fraction of sp³-hybridized carbons (Fsp3) is 0.652. The van der Waals surface area contributed by atoms with Crippen molar-refractivity contribution >= 4 is 11.8 Å². The first kappa shape index (κ1) is 23.3. The monoisotopic (exact) mass is 432 g/mol. The van der Waals surface area contributed by atoms with E-state index in [0.717, 1.165) is 69.0 Å². The summed E-state index contributed by atoms with van der Waals surface area (Å²) in [5.41, 5.74) is 1.04. The number of rotatable bonds is 7. The smallest absolute Gasteiger partial charge is 0.237 e. The molecule has 2 aliphatic rings. The molecule has 0 N–H and O–H groups in total. The van der Waals surface area contributed by atoms with Crippen molar-refractivity contribution in [1.82, 2.24) is 19.6 Å². The Morgan fingerprint density at radius 1 is 0.968 bits per heavy atom. The molecule has 1 aromatic rings. The average Bonchev–Trinajstić information content (AvgIpc) is 3.16. The lowest BCUT2D eigenvalue weighted by molar-refractivity contribution is -0.133. The van der Waals surface area contributed by atoms with Gasteiger partial charge in [-0.1, -0.05) is 0 Å². The number of methoxy groups -OCH3 is 2. The highest BCUT2D eigenvalue weighted by molar-refractivity contribution is 5.79. The van der Waals surface area contributed by atoms with Crippen LogP contribution in [0.2, 0.25) is 0 Å². The molecule has 2 aliphatic heterocycles. The highest BCUT2D eigenvalue weighted by Crippen LogP contribution is 2.38. The van der Waals surface area contributed by atoms with Crippen molar-refractivity contribution in [2.45, 2.75) is 25.3 Å². The zero-order valence-corrected chi connectivity index (χ0v) is 19.3. The third-order valence-corrected chi connectivity index (χ3v) is 6.27. The van der Waals surface area contributed by atoms with E-state index in [2.05, 4.69) is 9.80 Å². The number of hydrogen-bond acceptors (Lipinski definition) is 6. The molecule has 2 fully saturated rings. The molecule has 3 rings (SSSR count). The molecule has 8 heteroatoms. The van der Waals surface area contributed by atoms with Crippen LogP contribution in [-0.4, -0.2) is 106 Å². The van der Waals surface area contributed by atoms with Crippen LogP contribution in [0, 0.1) is 0 Å². The van der Waals surface area contributed by atoms with Gasteiger partial charge in [-0.05, 0) is 44.5 Å². The molecule has 2 heterocycles. The SMILES string of the molecule is COc1ccc(C2CCCN2C(=O)CN2CCCN(CC(=O)N(C)C)CC2)c(OC)c1. The topological polar surface area (TPSA) is 65.6 Å². The van der Waals surface area contributed by atoms with Crippen LogP contribution in [0.15, 0.2) is 18.2 Å². The van der Waals surface area contributed by atoms with Crippen LogP contribution < -0.4 is 9.47 Å². The maximum absolute atomic E-state index is 13.2. The third kappa shape index (κ3) is 5.89. The quantitative estimate of drug-likeness (QED) is 0.650. The van der Waals surface area contributed by atoms with Gasteiger partial charge in [-0.3, -0.25) is 19.4 Å². The van der Waals surface area contributed by atoms with Gasteiger partial charge in [-0.15, -0.1) is 0 Å². The van der Waals surface area contributed by atoms with Gasteiger partial charge in [-0.2, -0.15) is 0 Å². The maximum atomic E-state index is 13.2. The number of hydrogen-bond donors (Lipinski definition) is 0. The molecular formula is C23H36N4O4. The van der Waals surface area contributed by atoms with Crippen LogP contribution in [0.4, 0.5) is 0 Å². The first-order valence-electron chi connectivity index (χ1n) is 11.1. The molecule has 0 radical (unpaired) electrons. The molecule has 31 heavy (non-hydrogen) atoms. The summed E-state index contributed by atoms with van der Waals surface area (Å²) in [6.45, 7) is 5.02. The fourth-order valence-electron chi connectivity index (χ4n) is 4.44. The molecule has 172 valence electrons. The minimum Gasteiger partial charge on any atom is -0.497 e. The third-order valence-electron chi connectivity index (χ3n) is 6.27. The number of carbonyl (C=O) groups excluding carboxylic acids is 2. The molecule has 8 nitrogen and oxygen atoms in total. The molecule has 2 amide bonds. The molecule has 0 aliphatic carbocycles. The van der Waals surface area contributed by atoms with Crippen molar-refractivity contribution in [3.8, 4) is 11.5 Å². The van der Waals surface area contributed by atoms with Gasteiger partial charge in [-0.25, -0.2) is 0 Å². The van der Waals surface area contributed by atoms with E-state index in [0.29, 0.717) is 13.1 Å². The van der Waals surface area contributed by atoms with E-state index < -0.39 is 0 Å². The van der Waals surface area contributed by atoms with E-state index in [1.165, 1.54) is 0 Å². The summed E-state index contributed by atoms with van der Waals surface area (Å²) in [6, 6.07) is 5.86. The zero-order valence-electron chi connectivity index (χ0n) is 19.3. The molecule has 2 saturated heterocycles. The molecule has 1 unspecified atom stereocenters. The van der Waals surface area contributed by atoms with Crippen molar-refractivity contribution in [2.24, 2.45) is 0 Å². The standard InChI is InChI=1S/C23H36N4O4/c1-24(2)22(28)16-25-10-6-11-26(14-13-25)17-23(29)27-12-5-7-20(27)19-9-8-18(30-3)15-21(19)31-4/h8-9,15,20H,5-7,10-14,16-17H2,1-4H3. The van der Waals surface area contributed by atoms with Gasteiger partial charge < -0.3 is 19.3 Å². The van der Waals surface area contributed by atoms with Crippen molar-refractivity contribution in [1.29, 1.82) is 0 Å². The second-order valence-electron chi connectivity index (χ2n) is 8.55. The lowest BCUT2D eigenvalue weighted by atomic mass is 10.0. The molecule has 0 spiro atoms. The van der Waals surface area contributed by atoms with Crippen molar-refractivity contribution in [2.75, 3.05) is 74.1 Å². The van der Waals surface area contributed by atoms with Crippen LogP contribution in [0.25, 0.3) is 0 Å². The lowest BCUT2D eigenvalue weighted by Crippen LogP contribution is -2.42. The van der Waals surface area contributed by atoms with E-state index in [-0.39, 0.29) is 17.9 Å². The number of benzene rings is 1. The summed E-state index contributed by atoms with van der Waals surface area (Å²) in [5.74, 6) is 1.80. The number of nitrogens with zero attached hydrogens (tertiary/aromatic N) is 4. The van der Waals surface area contributed by atoms with E-state index in [1.54, 1.807) is 33.2 Å². The summed E-state index contributed by atoms with van der Waals surface area (Å²) >= 11 is 0. The minimum atomic E-state index is 0.0366. The van der Waals surface area contributed by atoms with Crippen molar-refractivity contribution in [3.05, 3.63) is 23.8 Å².